The quantitative estimate of drug-likeness (QED) is 0.661. The van der Waals surface area contributed by atoms with Crippen LogP contribution in [-0.4, -0.2) is 20.7 Å². The minimum atomic E-state index is -0.135. The molecule has 3 rings (SSSR count). The van der Waals surface area contributed by atoms with Gasteiger partial charge in [-0.25, -0.2) is 0 Å². The summed E-state index contributed by atoms with van der Waals surface area (Å²) < 4.78 is 2.07. The van der Waals surface area contributed by atoms with E-state index in [1.165, 1.54) is 0 Å². The maximum atomic E-state index is 12.4. The minimum absolute atomic E-state index is 0.0878. The highest BCUT2D eigenvalue weighted by Gasteiger charge is 2.14. The molecule has 0 spiro atoms. The largest absolute Gasteiger partial charge is 0.348 e. The van der Waals surface area contributed by atoms with Gasteiger partial charge in [0.1, 0.15) is 6.54 Å². The van der Waals surface area contributed by atoms with Crippen molar-refractivity contribution in [1.82, 2.24) is 20.1 Å². The predicted octanol–water partition coefficient (Wildman–Crippen LogP) is 4.14. The molecular formula is C18H17ClN4OS. The fraction of sp³-hybridized carbons (Fsp3) is 0.167. The number of hydrogen-bond acceptors (Lipinski definition) is 3. The molecule has 3 aromatic rings. The Morgan fingerprint density at radius 2 is 1.92 bits per heavy atom. The van der Waals surface area contributed by atoms with Crippen molar-refractivity contribution in [3.63, 3.8) is 0 Å². The second kappa shape index (κ2) is 7.63. The van der Waals surface area contributed by atoms with Gasteiger partial charge in [0.25, 0.3) is 0 Å². The number of rotatable bonds is 5. The van der Waals surface area contributed by atoms with Crippen LogP contribution in [0.5, 0.6) is 0 Å². The number of carbonyl (C=O) groups excluding carboxylic acids is 1. The molecule has 25 heavy (non-hydrogen) atoms. The third-order valence-corrected chi connectivity index (χ3v) is 4.40. The van der Waals surface area contributed by atoms with Gasteiger partial charge in [0.15, 0.2) is 10.6 Å². The lowest BCUT2D eigenvalue weighted by Crippen LogP contribution is -2.30. The first-order chi connectivity index (χ1) is 12.0. The van der Waals surface area contributed by atoms with Gasteiger partial charge >= 0.3 is 0 Å². The molecule has 0 aliphatic heterocycles. The second-order valence-electron chi connectivity index (χ2n) is 5.65. The molecule has 0 unspecified atom stereocenters. The number of H-pyrrole nitrogens is 1. The lowest BCUT2D eigenvalue weighted by atomic mass is 10.1. The van der Waals surface area contributed by atoms with E-state index >= 15 is 0 Å². The van der Waals surface area contributed by atoms with Crippen molar-refractivity contribution in [1.29, 1.82) is 0 Å². The Labute approximate surface area is 155 Å². The van der Waals surface area contributed by atoms with Crippen LogP contribution in [0.2, 0.25) is 5.02 Å². The van der Waals surface area contributed by atoms with E-state index in [2.05, 4.69) is 15.5 Å². The van der Waals surface area contributed by atoms with Crippen LogP contribution in [0.15, 0.2) is 54.6 Å². The SMILES string of the molecule is C[C@H](NC(=O)Cn1c(-c2ccc(Cl)cc2)n[nH]c1=S)c1ccccc1. The molecule has 1 aromatic heterocycles. The van der Waals surface area contributed by atoms with Crippen molar-refractivity contribution in [3.8, 4) is 11.4 Å². The number of aromatic amines is 1. The Bertz CT molecular complexity index is 918. The fourth-order valence-electron chi connectivity index (χ4n) is 2.54. The van der Waals surface area contributed by atoms with Gasteiger partial charge in [0.05, 0.1) is 6.04 Å². The Kier molecular flexibility index (Phi) is 5.31. The molecule has 0 bridgehead atoms. The van der Waals surface area contributed by atoms with E-state index in [9.17, 15) is 4.79 Å². The van der Waals surface area contributed by atoms with Gasteiger partial charge in [-0.1, -0.05) is 41.9 Å². The summed E-state index contributed by atoms with van der Waals surface area (Å²) in [7, 11) is 0. The number of amides is 1. The number of benzene rings is 2. The fourth-order valence-corrected chi connectivity index (χ4v) is 2.86. The molecule has 2 aromatic carbocycles. The van der Waals surface area contributed by atoms with Crippen molar-refractivity contribution in [2.75, 3.05) is 0 Å². The standard InChI is InChI=1S/C18H17ClN4OS/c1-12(13-5-3-2-4-6-13)20-16(24)11-23-17(21-22-18(23)25)14-7-9-15(19)10-8-14/h2-10,12H,11H2,1H3,(H,20,24)(H,22,25)/t12-/m0/s1. The molecule has 0 saturated heterocycles. The van der Waals surface area contributed by atoms with E-state index in [0.717, 1.165) is 11.1 Å². The first-order valence-corrected chi connectivity index (χ1v) is 8.58. The molecule has 5 nitrogen and oxygen atoms in total. The normalized spacial score (nSPS) is 11.9. The summed E-state index contributed by atoms with van der Waals surface area (Å²) in [6.07, 6.45) is 0. The number of aromatic nitrogens is 3. The van der Waals surface area contributed by atoms with Gasteiger partial charge in [0.2, 0.25) is 5.91 Å². The molecule has 0 aliphatic carbocycles. The average Bonchev–Trinajstić information content (AvgIpc) is 2.97. The maximum Gasteiger partial charge on any atom is 0.240 e. The highest BCUT2D eigenvalue weighted by Crippen LogP contribution is 2.20. The molecular weight excluding hydrogens is 356 g/mol. The van der Waals surface area contributed by atoms with E-state index in [1.807, 2.05) is 49.4 Å². The van der Waals surface area contributed by atoms with Crippen LogP contribution in [0.3, 0.4) is 0 Å². The maximum absolute atomic E-state index is 12.4. The second-order valence-corrected chi connectivity index (χ2v) is 6.47. The molecule has 0 fully saturated rings. The number of hydrogen-bond donors (Lipinski definition) is 2. The van der Waals surface area contributed by atoms with E-state index in [-0.39, 0.29) is 18.5 Å². The van der Waals surface area contributed by atoms with Gasteiger partial charge in [-0.3, -0.25) is 14.5 Å². The summed E-state index contributed by atoms with van der Waals surface area (Å²) in [5.41, 5.74) is 1.88. The third-order valence-electron chi connectivity index (χ3n) is 3.84. The van der Waals surface area contributed by atoms with Crippen LogP contribution in [0.4, 0.5) is 0 Å². The third kappa shape index (κ3) is 4.15. The predicted molar refractivity (Wildman–Crippen MR) is 101 cm³/mol. The first kappa shape index (κ1) is 17.4. The van der Waals surface area contributed by atoms with Gasteiger partial charge in [-0.2, -0.15) is 5.10 Å². The Morgan fingerprint density at radius 1 is 1.24 bits per heavy atom. The highest BCUT2D eigenvalue weighted by molar-refractivity contribution is 7.71. The van der Waals surface area contributed by atoms with Crippen molar-refractivity contribution in [3.05, 3.63) is 70.0 Å². The summed E-state index contributed by atoms with van der Waals surface area (Å²) in [6, 6.07) is 16.9. The molecule has 0 radical (unpaired) electrons. The number of carbonyl (C=O) groups is 1. The zero-order chi connectivity index (χ0) is 17.8. The minimum Gasteiger partial charge on any atom is -0.348 e. The van der Waals surface area contributed by atoms with E-state index < -0.39 is 0 Å². The smallest absolute Gasteiger partial charge is 0.240 e. The van der Waals surface area contributed by atoms with Crippen LogP contribution < -0.4 is 5.32 Å². The summed E-state index contributed by atoms with van der Waals surface area (Å²) in [5, 5.41) is 10.6. The molecule has 1 atom stereocenters. The average molecular weight is 373 g/mol. The van der Waals surface area contributed by atoms with Crippen molar-refractivity contribution >= 4 is 29.7 Å². The van der Waals surface area contributed by atoms with Crippen LogP contribution in [0.25, 0.3) is 11.4 Å². The Morgan fingerprint density at radius 3 is 2.60 bits per heavy atom. The van der Waals surface area contributed by atoms with Crippen LogP contribution in [0.1, 0.15) is 18.5 Å². The monoisotopic (exact) mass is 372 g/mol. The zero-order valence-corrected chi connectivity index (χ0v) is 15.1. The van der Waals surface area contributed by atoms with Gasteiger partial charge < -0.3 is 5.32 Å². The highest BCUT2D eigenvalue weighted by atomic mass is 35.5. The lowest BCUT2D eigenvalue weighted by Gasteiger charge is -2.15. The summed E-state index contributed by atoms with van der Waals surface area (Å²) >= 11 is 11.2. The van der Waals surface area contributed by atoms with Crippen molar-refractivity contribution < 1.29 is 4.79 Å². The molecule has 1 amide bonds. The summed E-state index contributed by atoms with van der Waals surface area (Å²) in [6.45, 7) is 2.03. The van der Waals surface area contributed by atoms with Crippen LogP contribution >= 0.6 is 23.8 Å². The van der Waals surface area contributed by atoms with Gasteiger partial charge in [-0.15, -0.1) is 0 Å². The van der Waals surface area contributed by atoms with Crippen molar-refractivity contribution in [2.45, 2.75) is 19.5 Å². The molecule has 7 heteroatoms. The zero-order valence-electron chi connectivity index (χ0n) is 13.6. The molecule has 0 saturated carbocycles. The number of nitrogens with zero attached hydrogens (tertiary/aromatic N) is 2. The molecule has 1 heterocycles. The van der Waals surface area contributed by atoms with Crippen molar-refractivity contribution in [2.24, 2.45) is 0 Å². The van der Waals surface area contributed by atoms with Gasteiger partial charge in [-0.05, 0) is 49.0 Å². The Balaban J connectivity index is 1.77. The van der Waals surface area contributed by atoms with Crippen LogP contribution in [-0.2, 0) is 11.3 Å². The lowest BCUT2D eigenvalue weighted by molar-refractivity contribution is -0.122. The summed E-state index contributed by atoms with van der Waals surface area (Å²) in [4.78, 5) is 12.4. The molecule has 2 N–H and O–H groups in total. The number of halogens is 1. The van der Waals surface area contributed by atoms with E-state index in [1.54, 1.807) is 16.7 Å². The first-order valence-electron chi connectivity index (χ1n) is 7.80. The molecule has 128 valence electrons. The molecule has 0 aliphatic rings. The topological polar surface area (TPSA) is 62.7 Å². The van der Waals surface area contributed by atoms with Gasteiger partial charge in [0, 0.05) is 10.6 Å². The van der Waals surface area contributed by atoms with Crippen LogP contribution in [0, 0.1) is 4.77 Å². The summed E-state index contributed by atoms with van der Waals surface area (Å²) in [5.74, 6) is 0.466. The Hall–Kier alpha value is -2.44. The van der Waals surface area contributed by atoms with E-state index in [4.69, 9.17) is 23.8 Å². The number of nitrogens with one attached hydrogen (secondary N) is 2. The van der Waals surface area contributed by atoms with E-state index in [0.29, 0.717) is 15.6 Å².